The number of aliphatic imine (C=N–C) groups is 1. The van der Waals surface area contributed by atoms with Gasteiger partial charge in [0.25, 0.3) is 0 Å². The van der Waals surface area contributed by atoms with Crippen LogP contribution in [0.25, 0.3) is 0 Å². The van der Waals surface area contributed by atoms with Crippen LogP contribution in [0.1, 0.15) is 64.7 Å². The summed E-state index contributed by atoms with van der Waals surface area (Å²) in [6.45, 7) is 5.92. The van der Waals surface area contributed by atoms with Gasteiger partial charge in [-0.2, -0.15) is 0 Å². The van der Waals surface area contributed by atoms with Crippen LogP contribution in [-0.4, -0.2) is 51.8 Å². The number of nitrogens with one attached hydrogen (secondary N) is 3. The number of ether oxygens (including phenoxy) is 1. The topological polar surface area (TPSA) is 74.8 Å². The van der Waals surface area contributed by atoms with E-state index in [9.17, 15) is 4.79 Å². The van der Waals surface area contributed by atoms with Gasteiger partial charge in [-0.3, -0.25) is 9.79 Å². The third kappa shape index (κ3) is 7.14. The van der Waals surface area contributed by atoms with Gasteiger partial charge in [-0.05, 0) is 50.4 Å². The van der Waals surface area contributed by atoms with Crippen LogP contribution >= 0.6 is 0 Å². The number of amides is 1. The van der Waals surface area contributed by atoms with Gasteiger partial charge in [0.2, 0.25) is 5.91 Å². The average Bonchev–Trinajstić information content (AvgIpc) is 3.10. The van der Waals surface area contributed by atoms with Crippen molar-refractivity contribution in [2.45, 2.75) is 64.7 Å². The number of nitrogens with zero attached hydrogens (tertiary/aromatic N) is 1. The highest BCUT2D eigenvalue weighted by molar-refractivity contribution is 5.80. The van der Waals surface area contributed by atoms with E-state index in [1.165, 1.54) is 44.9 Å². The molecule has 6 heteroatoms. The summed E-state index contributed by atoms with van der Waals surface area (Å²) in [5.74, 6) is 1.64. The molecule has 0 aromatic heterocycles. The maximum Gasteiger partial charge on any atom is 0.220 e. The fraction of sp³-hybridized carbons (Fsp3) is 0.900. The second kappa shape index (κ2) is 11.4. The van der Waals surface area contributed by atoms with Crippen LogP contribution in [0.5, 0.6) is 0 Å². The molecule has 0 radical (unpaired) electrons. The molecule has 0 saturated heterocycles. The van der Waals surface area contributed by atoms with Gasteiger partial charge in [-0.15, -0.1) is 0 Å². The largest absolute Gasteiger partial charge is 0.385 e. The average molecular weight is 367 g/mol. The summed E-state index contributed by atoms with van der Waals surface area (Å²) in [5, 5.41) is 9.67. The third-order valence-corrected chi connectivity index (χ3v) is 5.86. The van der Waals surface area contributed by atoms with Crippen molar-refractivity contribution in [2.75, 3.05) is 39.9 Å². The minimum absolute atomic E-state index is 0.189. The molecule has 1 amide bonds. The van der Waals surface area contributed by atoms with Gasteiger partial charge in [0.15, 0.2) is 5.96 Å². The molecule has 0 bridgehead atoms. The lowest BCUT2D eigenvalue weighted by molar-refractivity contribution is -0.121. The van der Waals surface area contributed by atoms with E-state index in [0.717, 1.165) is 32.1 Å². The smallest absolute Gasteiger partial charge is 0.220 e. The Morgan fingerprint density at radius 2 is 1.85 bits per heavy atom. The lowest BCUT2D eigenvalue weighted by Gasteiger charge is -2.40. The number of carbonyl (C=O) groups excluding carboxylic acids is 1. The van der Waals surface area contributed by atoms with E-state index in [-0.39, 0.29) is 5.91 Å². The number of guanidine groups is 1. The van der Waals surface area contributed by atoms with Crippen molar-refractivity contribution in [3.63, 3.8) is 0 Å². The summed E-state index contributed by atoms with van der Waals surface area (Å²) >= 11 is 0. The Balaban J connectivity index is 1.67. The Kier molecular flexibility index (Phi) is 9.23. The monoisotopic (exact) mass is 366 g/mol. The van der Waals surface area contributed by atoms with E-state index < -0.39 is 0 Å². The fourth-order valence-electron chi connectivity index (χ4n) is 4.00. The first kappa shape index (κ1) is 21.0. The first-order chi connectivity index (χ1) is 12.7. The molecule has 2 saturated carbocycles. The summed E-state index contributed by atoms with van der Waals surface area (Å²) < 4.78 is 5.26. The molecule has 2 aliphatic carbocycles. The second-order valence-corrected chi connectivity index (χ2v) is 7.92. The Labute approximate surface area is 158 Å². The van der Waals surface area contributed by atoms with Crippen molar-refractivity contribution in [3.05, 3.63) is 0 Å². The zero-order valence-electron chi connectivity index (χ0n) is 16.7. The highest BCUT2D eigenvalue weighted by atomic mass is 16.5. The lowest BCUT2D eigenvalue weighted by Crippen LogP contribution is -2.43. The molecule has 0 heterocycles. The Hall–Kier alpha value is -1.30. The molecule has 0 spiro atoms. The van der Waals surface area contributed by atoms with E-state index in [1.54, 1.807) is 7.11 Å². The molecule has 0 aromatic rings. The van der Waals surface area contributed by atoms with Gasteiger partial charge in [0.1, 0.15) is 0 Å². The van der Waals surface area contributed by atoms with E-state index in [0.29, 0.717) is 30.8 Å². The molecular formula is C20H38N4O2. The van der Waals surface area contributed by atoms with Crippen molar-refractivity contribution >= 4 is 11.9 Å². The quantitative estimate of drug-likeness (QED) is 0.298. The predicted octanol–water partition coefficient (Wildman–Crippen LogP) is 2.44. The van der Waals surface area contributed by atoms with Crippen LogP contribution in [-0.2, 0) is 9.53 Å². The van der Waals surface area contributed by atoms with Crippen LogP contribution in [0, 0.1) is 11.3 Å². The Morgan fingerprint density at radius 3 is 2.46 bits per heavy atom. The summed E-state index contributed by atoms with van der Waals surface area (Å²) in [7, 11) is 1.77. The maximum atomic E-state index is 12.0. The lowest BCUT2D eigenvalue weighted by atomic mass is 9.67. The van der Waals surface area contributed by atoms with E-state index in [1.807, 2.05) is 0 Å². The van der Waals surface area contributed by atoms with Gasteiger partial charge in [0.05, 0.1) is 0 Å². The van der Waals surface area contributed by atoms with Crippen LogP contribution in [0.4, 0.5) is 0 Å². The molecule has 2 aliphatic rings. The molecule has 3 N–H and O–H groups in total. The second-order valence-electron chi connectivity index (χ2n) is 7.92. The number of carbonyl (C=O) groups is 1. The zero-order chi connectivity index (χ0) is 18.7. The normalized spacial score (nSPS) is 19.8. The summed E-state index contributed by atoms with van der Waals surface area (Å²) in [6, 6.07) is 0. The molecule has 2 fully saturated rings. The van der Waals surface area contributed by atoms with Gasteiger partial charge < -0.3 is 20.7 Å². The number of rotatable bonds is 11. The molecule has 0 atom stereocenters. The van der Waals surface area contributed by atoms with Crippen molar-refractivity contribution in [2.24, 2.45) is 16.3 Å². The molecule has 0 aromatic carbocycles. The molecule has 2 rings (SSSR count). The number of hydrogen-bond donors (Lipinski definition) is 3. The SMILES string of the molecule is CCNC(=NCC1(CCOC)CCC1)NCCNC(=O)CC1CCCC1. The minimum Gasteiger partial charge on any atom is -0.385 e. The van der Waals surface area contributed by atoms with Crippen molar-refractivity contribution in [3.8, 4) is 0 Å². The molecule has 0 unspecified atom stereocenters. The predicted molar refractivity (Wildman–Crippen MR) is 106 cm³/mol. The standard InChI is InChI=1S/C20H38N4O2/c1-3-21-19(24-16-20(9-6-10-20)11-14-26-2)23-13-12-22-18(25)15-17-7-4-5-8-17/h17H,3-16H2,1-2H3,(H,22,25)(H2,21,23,24). The molecule has 0 aliphatic heterocycles. The van der Waals surface area contributed by atoms with Gasteiger partial charge in [0, 0.05) is 46.3 Å². The van der Waals surface area contributed by atoms with Crippen LogP contribution in [0.2, 0.25) is 0 Å². The van der Waals surface area contributed by atoms with Crippen LogP contribution in [0.3, 0.4) is 0 Å². The van der Waals surface area contributed by atoms with E-state index >= 15 is 0 Å². The third-order valence-electron chi connectivity index (χ3n) is 5.86. The van der Waals surface area contributed by atoms with Gasteiger partial charge in [-0.25, -0.2) is 0 Å². The van der Waals surface area contributed by atoms with Gasteiger partial charge in [-0.1, -0.05) is 19.3 Å². The Morgan fingerprint density at radius 1 is 1.12 bits per heavy atom. The maximum absolute atomic E-state index is 12.0. The minimum atomic E-state index is 0.189. The Bertz CT molecular complexity index is 443. The first-order valence-electron chi connectivity index (χ1n) is 10.5. The number of methoxy groups -OCH3 is 1. The van der Waals surface area contributed by atoms with E-state index in [4.69, 9.17) is 9.73 Å². The van der Waals surface area contributed by atoms with Gasteiger partial charge >= 0.3 is 0 Å². The molecule has 150 valence electrons. The fourth-order valence-corrected chi connectivity index (χ4v) is 4.00. The number of hydrogen-bond acceptors (Lipinski definition) is 3. The molecular weight excluding hydrogens is 328 g/mol. The summed E-state index contributed by atoms with van der Waals surface area (Å²) in [4.78, 5) is 16.8. The van der Waals surface area contributed by atoms with E-state index in [2.05, 4.69) is 22.9 Å². The molecule has 26 heavy (non-hydrogen) atoms. The first-order valence-corrected chi connectivity index (χ1v) is 10.5. The highest BCUT2D eigenvalue weighted by Gasteiger charge is 2.36. The highest BCUT2D eigenvalue weighted by Crippen LogP contribution is 2.44. The van der Waals surface area contributed by atoms with Crippen LogP contribution in [0.15, 0.2) is 4.99 Å². The molecule has 6 nitrogen and oxygen atoms in total. The zero-order valence-corrected chi connectivity index (χ0v) is 16.7. The summed E-state index contributed by atoms with van der Waals surface area (Å²) in [6.07, 6.45) is 10.6. The summed E-state index contributed by atoms with van der Waals surface area (Å²) in [5.41, 5.74) is 0.327. The van der Waals surface area contributed by atoms with Crippen molar-refractivity contribution < 1.29 is 9.53 Å². The van der Waals surface area contributed by atoms with Crippen molar-refractivity contribution in [1.82, 2.24) is 16.0 Å². The van der Waals surface area contributed by atoms with Crippen LogP contribution < -0.4 is 16.0 Å². The van der Waals surface area contributed by atoms with Crippen molar-refractivity contribution in [1.29, 1.82) is 0 Å².